The second-order valence-corrected chi connectivity index (χ2v) is 6.81. The van der Waals surface area contributed by atoms with Crippen molar-refractivity contribution in [1.29, 1.82) is 0 Å². The first-order chi connectivity index (χ1) is 13.2. The molecule has 2 aromatic heterocycles. The standard InChI is InChI=1S/C18H21ClN4O5/c1-11(2)9-26-18(25)28-16(24)5-6-23-10-20-17(22-23)13-7-14(19)21-15(8-13)27-12(3)4/h5-8,10-12H,9H2,1-4H3/b6-5-. The van der Waals surface area contributed by atoms with Crippen LogP contribution in [0.4, 0.5) is 4.79 Å². The van der Waals surface area contributed by atoms with Gasteiger partial charge < -0.3 is 14.2 Å². The number of carbonyl (C=O) groups excluding carboxylic acids is 2. The number of hydrogen-bond donors (Lipinski definition) is 0. The molecular formula is C18H21ClN4O5. The van der Waals surface area contributed by atoms with Gasteiger partial charge in [0.05, 0.1) is 12.7 Å². The second-order valence-electron chi connectivity index (χ2n) is 6.42. The third-order valence-electron chi connectivity index (χ3n) is 2.98. The van der Waals surface area contributed by atoms with Gasteiger partial charge in [-0.1, -0.05) is 25.4 Å². The van der Waals surface area contributed by atoms with Gasteiger partial charge in [-0.3, -0.25) is 0 Å². The number of carbonyl (C=O) groups is 2. The van der Waals surface area contributed by atoms with E-state index in [0.717, 1.165) is 6.08 Å². The van der Waals surface area contributed by atoms with Crippen LogP contribution in [0, 0.1) is 5.92 Å². The van der Waals surface area contributed by atoms with Gasteiger partial charge in [-0.05, 0) is 25.8 Å². The maximum absolute atomic E-state index is 11.6. The highest BCUT2D eigenvalue weighted by molar-refractivity contribution is 6.29. The number of esters is 1. The van der Waals surface area contributed by atoms with E-state index in [2.05, 4.69) is 19.8 Å². The van der Waals surface area contributed by atoms with Crippen molar-refractivity contribution in [2.75, 3.05) is 6.61 Å². The summed E-state index contributed by atoms with van der Waals surface area (Å²) < 4.78 is 16.1. The van der Waals surface area contributed by atoms with Crippen LogP contribution >= 0.6 is 11.6 Å². The smallest absolute Gasteiger partial charge is 0.475 e. The molecule has 0 spiro atoms. The second kappa shape index (κ2) is 9.84. The predicted octanol–water partition coefficient (Wildman–Crippen LogP) is 3.59. The Labute approximate surface area is 167 Å². The highest BCUT2D eigenvalue weighted by Gasteiger charge is 2.11. The Hall–Kier alpha value is -2.94. The fourth-order valence-corrected chi connectivity index (χ4v) is 2.10. The molecule has 2 rings (SSSR count). The average molecular weight is 409 g/mol. The van der Waals surface area contributed by atoms with Crippen LogP contribution in [0.2, 0.25) is 5.15 Å². The molecule has 0 saturated heterocycles. The fraction of sp³-hybridized carbons (Fsp3) is 0.389. The first-order valence-corrected chi connectivity index (χ1v) is 8.93. The summed E-state index contributed by atoms with van der Waals surface area (Å²) in [4.78, 5) is 31.2. The Kier molecular flexibility index (Phi) is 7.51. The van der Waals surface area contributed by atoms with Crippen LogP contribution in [-0.2, 0) is 14.3 Å². The highest BCUT2D eigenvalue weighted by Crippen LogP contribution is 2.23. The third kappa shape index (κ3) is 6.99. The normalized spacial score (nSPS) is 11.2. The molecule has 0 aromatic carbocycles. The molecule has 0 atom stereocenters. The van der Waals surface area contributed by atoms with Crippen molar-refractivity contribution in [2.45, 2.75) is 33.8 Å². The van der Waals surface area contributed by atoms with Crippen LogP contribution in [0.15, 0.2) is 24.5 Å². The van der Waals surface area contributed by atoms with Gasteiger partial charge in [-0.25, -0.2) is 24.2 Å². The van der Waals surface area contributed by atoms with Crippen molar-refractivity contribution >= 4 is 29.9 Å². The SMILES string of the molecule is CC(C)COC(=O)OC(=O)/C=C\n1cnc(-c2cc(Cl)nc(OC(C)C)c2)n1. The maximum Gasteiger partial charge on any atom is 0.516 e. The Morgan fingerprint density at radius 3 is 2.68 bits per heavy atom. The van der Waals surface area contributed by atoms with Gasteiger partial charge in [-0.2, -0.15) is 0 Å². The molecule has 0 aliphatic carbocycles. The lowest BCUT2D eigenvalue weighted by molar-refractivity contribution is -0.134. The van der Waals surface area contributed by atoms with Crippen LogP contribution in [0.1, 0.15) is 27.7 Å². The summed E-state index contributed by atoms with van der Waals surface area (Å²) in [6, 6.07) is 3.26. The van der Waals surface area contributed by atoms with Crippen LogP contribution in [0.3, 0.4) is 0 Å². The molecule has 0 saturated carbocycles. The molecule has 2 aromatic rings. The first-order valence-electron chi connectivity index (χ1n) is 8.55. The number of aromatic nitrogens is 4. The van der Waals surface area contributed by atoms with E-state index in [1.54, 1.807) is 12.1 Å². The van der Waals surface area contributed by atoms with Crippen molar-refractivity contribution in [3.8, 4) is 17.3 Å². The van der Waals surface area contributed by atoms with Crippen molar-refractivity contribution < 1.29 is 23.8 Å². The maximum atomic E-state index is 11.6. The number of hydrogen-bond acceptors (Lipinski definition) is 8. The highest BCUT2D eigenvalue weighted by atomic mass is 35.5. The minimum Gasteiger partial charge on any atom is -0.475 e. The molecule has 0 fully saturated rings. The Bertz CT molecular complexity index is 863. The van der Waals surface area contributed by atoms with E-state index in [4.69, 9.17) is 21.1 Å². The topological polar surface area (TPSA) is 105 Å². The molecule has 0 N–H and O–H groups in total. The summed E-state index contributed by atoms with van der Waals surface area (Å²) in [6.07, 6.45) is 2.59. The third-order valence-corrected chi connectivity index (χ3v) is 3.17. The summed E-state index contributed by atoms with van der Waals surface area (Å²) in [7, 11) is 0. The lowest BCUT2D eigenvalue weighted by atomic mass is 10.2. The molecule has 0 unspecified atom stereocenters. The van der Waals surface area contributed by atoms with Crippen LogP contribution in [0.5, 0.6) is 5.88 Å². The zero-order chi connectivity index (χ0) is 20.7. The van der Waals surface area contributed by atoms with E-state index in [0.29, 0.717) is 17.3 Å². The van der Waals surface area contributed by atoms with E-state index in [9.17, 15) is 9.59 Å². The quantitative estimate of drug-likeness (QED) is 0.296. The van der Waals surface area contributed by atoms with E-state index in [-0.39, 0.29) is 23.8 Å². The lowest BCUT2D eigenvalue weighted by Crippen LogP contribution is -2.14. The molecule has 28 heavy (non-hydrogen) atoms. The molecular weight excluding hydrogens is 388 g/mol. The van der Waals surface area contributed by atoms with E-state index in [1.165, 1.54) is 17.2 Å². The molecule has 0 bridgehead atoms. The van der Waals surface area contributed by atoms with Crippen molar-refractivity contribution in [2.24, 2.45) is 5.92 Å². The summed E-state index contributed by atoms with van der Waals surface area (Å²) in [6.45, 7) is 7.64. The van der Waals surface area contributed by atoms with Gasteiger partial charge in [0.2, 0.25) is 5.88 Å². The molecule has 0 aliphatic heterocycles. The van der Waals surface area contributed by atoms with Gasteiger partial charge in [0, 0.05) is 23.9 Å². The summed E-state index contributed by atoms with van der Waals surface area (Å²) in [5.74, 6) is -0.0366. The number of halogens is 1. The first kappa shape index (κ1) is 21.4. The molecule has 2 heterocycles. The number of ether oxygens (including phenoxy) is 3. The van der Waals surface area contributed by atoms with E-state index < -0.39 is 12.1 Å². The Balaban J connectivity index is 2.02. The van der Waals surface area contributed by atoms with Gasteiger partial charge >= 0.3 is 12.1 Å². The number of nitrogens with zero attached hydrogens (tertiary/aromatic N) is 4. The zero-order valence-corrected chi connectivity index (χ0v) is 16.7. The van der Waals surface area contributed by atoms with Gasteiger partial charge in [0.25, 0.3) is 0 Å². The Morgan fingerprint density at radius 2 is 2.00 bits per heavy atom. The van der Waals surface area contributed by atoms with Gasteiger partial charge in [0.15, 0.2) is 5.82 Å². The van der Waals surface area contributed by atoms with Crippen molar-refractivity contribution in [3.05, 3.63) is 29.7 Å². The number of rotatable bonds is 7. The van der Waals surface area contributed by atoms with Crippen molar-refractivity contribution in [3.63, 3.8) is 0 Å². The molecule has 0 aliphatic rings. The van der Waals surface area contributed by atoms with Crippen molar-refractivity contribution in [1.82, 2.24) is 19.7 Å². The summed E-state index contributed by atoms with van der Waals surface area (Å²) in [5, 5.41) is 4.44. The van der Waals surface area contributed by atoms with E-state index in [1.807, 2.05) is 27.7 Å². The molecule has 0 radical (unpaired) electrons. The monoisotopic (exact) mass is 408 g/mol. The van der Waals surface area contributed by atoms with Crippen LogP contribution in [0.25, 0.3) is 17.6 Å². The molecule has 10 heteroatoms. The van der Waals surface area contributed by atoms with Gasteiger partial charge in [-0.15, -0.1) is 5.10 Å². The fourth-order valence-electron chi connectivity index (χ4n) is 1.90. The summed E-state index contributed by atoms with van der Waals surface area (Å²) >= 11 is 6.01. The van der Waals surface area contributed by atoms with E-state index >= 15 is 0 Å². The lowest BCUT2D eigenvalue weighted by Gasteiger charge is -2.09. The minimum atomic E-state index is -1.05. The summed E-state index contributed by atoms with van der Waals surface area (Å²) in [5.41, 5.74) is 0.600. The van der Waals surface area contributed by atoms with Crippen LogP contribution < -0.4 is 4.74 Å². The molecule has 150 valence electrons. The number of pyridine rings is 1. The molecule has 9 nitrogen and oxygen atoms in total. The molecule has 0 amide bonds. The minimum absolute atomic E-state index is 0.0643. The predicted molar refractivity (Wildman–Crippen MR) is 102 cm³/mol. The average Bonchev–Trinajstić information content (AvgIpc) is 3.06. The van der Waals surface area contributed by atoms with Crippen LogP contribution in [-0.4, -0.2) is 44.6 Å². The zero-order valence-electron chi connectivity index (χ0n) is 16.0. The van der Waals surface area contributed by atoms with Gasteiger partial charge in [0.1, 0.15) is 11.5 Å². The largest absolute Gasteiger partial charge is 0.516 e. The Morgan fingerprint density at radius 1 is 1.25 bits per heavy atom.